The van der Waals surface area contributed by atoms with E-state index in [-0.39, 0.29) is 0 Å². The first-order valence-corrected chi connectivity index (χ1v) is 5.55. The van der Waals surface area contributed by atoms with Gasteiger partial charge in [0.15, 0.2) is 0 Å². The van der Waals surface area contributed by atoms with Crippen molar-refractivity contribution in [1.29, 1.82) is 0 Å². The lowest BCUT2D eigenvalue weighted by Crippen LogP contribution is -2.16. The number of alkyl halides is 12. The zero-order chi connectivity index (χ0) is 19.4. The molecule has 0 aliphatic carbocycles. The molecule has 0 radical (unpaired) electrons. The first-order valence-electron chi connectivity index (χ1n) is 4.41. The van der Waals surface area contributed by atoms with E-state index in [1.54, 1.807) is 0 Å². The Kier molecular flexibility index (Phi) is 8.67. The Balaban J connectivity index is 0. The summed E-state index contributed by atoms with van der Waals surface area (Å²) >= 11 is 12.8. The molecule has 0 amide bonds. The summed E-state index contributed by atoms with van der Waals surface area (Å²) in [4.78, 5) is 0. The molecule has 0 fully saturated rings. The average molecular weight is 431 g/mol. The van der Waals surface area contributed by atoms with Crippen molar-refractivity contribution in [3.05, 3.63) is 21.2 Å². The first-order chi connectivity index (χ1) is 9.69. The molecule has 0 atom stereocenters. The summed E-state index contributed by atoms with van der Waals surface area (Å²) in [6.45, 7) is 0. The van der Waals surface area contributed by atoms with Crippen LogP contribution in [-0.4, -0.2) is 24.7 Å². The Hall–Kier alpha value is -0.490. The summed E-state index contributed by atoms with van der Waals surface area (Å²) in [5, 5.41) is -6.90. The fourth-order valence-electron chi connectivity index (χ4n) is 0.474. The summed E-state index contributed by atoms with van der Waals surface area (Å²) in [7, 11) is 0. The molecule has 0 nitrogen and oxygen atoms in total. The van der Waals surface area contributed by atoms with Gasteiger partial charge in [0.1, 0.15) is 15.1 Å². The largest absolute Gasteiger partial charge is 0.428 e. The predicted octanol–water partition coefficient (Wildman–Crippen LogP) is 7.03. The lowest BCUT2D eigenvalue weighted by Gasteiger charge is -2.09. The van der Waals surface area contributed by atoms with Crippen LogP contribution in [0.5, 0.6) is 0 Å². The smallest absolute Gasteiger partial charge is 0.167 e. The molecule has 0 heterocycles. The van der Waals surface area contributed by atoms with Gasteiger partial charge in [-0.2, -0.15) is 52.7 Å². The molecule has 0 saturated heterocycles. The molecule has 0 aromatic carbocycles. The van der Waals surface area contributed by atoms with Crippen LogP contribution < -0.4 is 0 Å². The fourth-order valence-corrected chi connectivity index (χ4v) is 0.812. The molecule has 0 rings (SSSR count). The Morgan fingerprint density at radius 1 is 0.522 bits per heavy atom. The zero-order valence-corrected chi connectivity index (χ0v) is 12.0. The number of halogens is 15. The van der Waals surface area contributed by atoms with Crippen molar-refractivity contribution in [1.82, 2.24) is 0 Å². The second kappa shape index (κ2) is 8.06. The molecular weight excluding hydrogens is 430 g/mol. The molecule has 0 bridgehead atoms. The fraction of sp³-hybridized carbons (Fsp3) is 0.500. The Morgan fingerprint density at radius 2 is 0.783 bits per heavy atom. The van der Waals surface area contributed by atoms with Crippen LogP contribution in [0.2, 0.25) is 0 Å². The van der Waals surface area contributed by atoms with E-state index in [1.165, 1.54) is 0 Å². The normalized spacial score (nSPS) is 15.7. The summed E-state index contributed by atoms with van der Waals surface area (Å²) in [5.74, 6) is 0. The van der Waals surface area contributed by atoms with Crippen LogP contribution in [0.1, 0.15) is 0 Å². The highest BCUT2D eigenvalue weighted by Crippen LogP contribution is 2.40. The summed E-state index contributed by atoms with van der Waals surface area (Å²) in [6, 6.07) is 0. The van der Waals surface area contributed by atoms with Gasteiger partial charge in [-0.1, -0.05) is 34.8 Å². The highest BCUT2D eigenvalue weighted by atomic mass is 35.5. The molecule has 0 aromatic heterocycles. The minimum Gasteiger partial charge on any atom is -0.167 e. The van der Waals surface area contributed by atoms with E-state index in [0.717, 1.165) is 0 Å². The van der Waals surface area contributed by atoms with Gasteiger partial charge in [0.25, 0.3) is 0 Å². The molecule has 0 unspecified atom stereocenters. The van der Waals surface area contributed by atoms with Crippen molar-refractivity contribution in [3.63, 3.8) is 0 Å². The summed E-state index contributed by atoms with van der Waals surface area (Å²) in [5.41, 5.74) is 0. The third-order valence-corrected chi connectivity index (χ3v) is 2.48. The number of rotatable bonds is 0. The highest BCUT2D eigenvalue weighted by Gasteiger charge is 2.44. The molecule has 0 aliphatic heterocycles. The van der Waals surface area contributed by atoms with Crippen molar-refractivity contribution in [2.24, 2.45) is 0 Å². The van der Waals surface area contributed by atoms with Crippen LogP contribution in [0.15, 0.2) is 21.2 Å². The van der Waals surface area contributed by atoms with Gasteiger partial charge in [-0.3, -0.25) is 0 Å². The van der Waals surface area contributed by atoms with Gasteiger partial charge in [-0.15, -0.1) is 0 Å². The van der Waals surface area contributed by atoms with E-state index in [1.807, 2.05) is 0 Å². The third-order valence-electron chi connectivity index (χ3n) is 1.25. The van der Waals surface area contributed by atoms with Gasteiger partial charge in [0.2, 0.25) is 0 Å². The molecule has 0 spiro atoms. The van der Waals surface area contributed by atoms with E-state index in [9.17, 15) is 52.7 Å². The van der Waals surface area contributed by atoms with E-state index < -0.39 is 45.9 Å². The molecule has 23 heavy (non-hydrogen) atoms. The number of hydrogen-bond acceptors (Lipinski definition) is 0. The molecule has 0 aliphatic rings. The maximum Gasteiger partial charge on any atom is 0.428 e. The average Bonchev–Trinajstić information content (AvgIpc) is 2.21. The maximum atomic E-state index is 11.5. The van der Waals surface area contributed by atoms with Crippen molar-refractivity contribution in [2.45, 2.75) is 24.7 Å². The number of allylic oxidation sites excluding steroid dienone is 4. The van der Waals surface area contributed by atoms with E-state index in [2.05, 4.69) is 34.8 Å². The minimum absolute atomic E-state index is 1.01. The minimum atomic E-state index is -5.27. The van der Waals surface area contributed by atoms with Crippen molar-refractivity contribution < 1.29 is 52.7 Å². The van der Waals surface area contributed by atoms with Crippen LogP contribution in [0, 0.1) is 0 Å². The predicted molar refractivity (Wildman–Crippen MR) is 56.9 cm³/mol. The Bertz CT molecular complexity index is 425. The van der Waals surface area contributed by atoms with Crippen molar-refractivity contribution >= 4 is 34.8 Å². The Morgan fingerprint density at radius 3 is 0.870 bits per heavy atom. The lowest BCUT2D eigenvalue weighted by molar-refractivity contribution is -0.105. The molecule has 15 heteroatoms. The van der Waals surface area contributed by atoms with Crippen LogP contribution in [0.3, 0.4) is 0 Å². The molecule has 0 aromatic rings. The van der Waals surface area contributed by atoms with Gasteiger partial charge < -0.3 is 0 Å². The van der Waals surface area contributed by atoms with Gasteiger partial charge in [0, 0.05) is 6.08 Å². The summed E-state index contributed by atoms with van der Waals surface area (Å²) in [6.07, 6.45) is -21.7. The first kappa shape index (κ1) is 24.8. The van der Waals surface area contributed by atoms with E-state index in [0.29, 0.717) is 0 Å². The second-order valence-corrected chi connectivity index (χ2v) is 4.32. The van der Waals surface area contributed by atoms with Crippen LogP contribution >= 0.6 is 34.8 Å². The van der Waals surface area contributed by atoms with Gasteiger partial charge in [0.05, 0.1) is 0 Å². The molecule has 0 N–H and O–H groups in total. The van der Waals surface area contributed by atoms with Gasteiger partial charge in [-0.05, 0) is 0 Å². The van der Waals surface area contributed by atoms with E-state index >= 15 is 0 Å². The SMILES string of the molecule is FC(F)(F)C(Cl)=C(Cl)C(F)(F)F.FC(F)(F)C=C(Cl)C(F)(F)F. The van der Waals surface area contributed by atoms with Crippen LogP contribution in [0.25, 0.3) is 0 Å². The highest BCUT2D eigenvalue weighted by molar-refractivity contribution is 6.40. The molecular formula is C8HCl3F12. The van der Waals surface area contributed by atoms with Gasteiger partial charge >= 0.3 is 24.7 Å². The van der Waals surface area contributed by atoms with Gasteiger partial charge in [-0.25, -0.2) is 0 Å². The topological polar surface area (TPSA) is 0 Å². The monoisotopic (exact) mass is 430 g/mol. The van der Waals surface area contributed by atoms with Crippen LogP contribution in [0.4, 0.5) is 52.7 Å². The zero-order valence-electron chi connectivity index (χ0n) is 9.75. The second-order valence-electron chi connectivity index (χ2n) is 3.16. The van der Waals surface area contributed by atoms with Crippen molar-refractivity contribution in [2.75, 3.05) is 0 Å². The standard InChI is InChI=1S/C4Cl2F6.C4HClF6/c5-1(3(7,8)9)2(6)4(10,11)12;5-2(4(9,10)11)1-3(6,7)8/h;1H. The molecule has 138 valence electrons. The third kappa shape index (κ3) is 11.7. The Labute approximate surface area is 134 Å². The quantitative estimate of drug-likeness (QED) is 0.361. The van der Waals surface area contributed by atoms with Crippen molar-refractivity contribution in [3.8, 4) is 0 Å². The summed E-state index contributed by atoms with van der Waals surface area (Å²) < 4.78 is 136. The molecule has 0 saturated carbocycles. The lowest BCUT2D eigenvalue weighted by atomic mass is 10.4. The number of hydrogen-bond donors (Lipinski definition) is 0. The van der Waals surface area contributed by atoms with Crippen LogP contribution in [-0.2, 0) is 0 Å². The maximum absolute atomic E-state index is 11.5. The van der Waals surface area contributed by atoms with E-state index in [4.69, 9.17) is 0 Å².